The Balaban J connectivity index is 2.20. The molecule has 0 aliphatic heterocycles. The molecule has 0 unspecified atom stereocenters. The highest BCUT2D eigenvalue weighted by atomic mass is 19.1. The van der Waals surface area contributed by atoms with Gasteiger partial charge in [-0.1, -0.05) is 6.07 Å². The van der Waals surface area contributed by atoms with E-state index in [1.165, 1.54) is 18.3 Å². The maximum atomic E-state index is 13.3. The van der Waals surface area contributed by atoms with Gasteiger partial charge in [-0.2, -0.15) is 0 Å². The molecule has 0 atom stereocenters. The summed E-state index contributed by atoms with van der Waals surface area (Å²) in [6.45, 7) is -0.140. The minimum absolute atomic E-state index is 0.140. The summed E-state index contributed by atoms with van der Waals surface area (Å²) < 4.78 is 25.9. The van der Waals surface area contributed by atoms with E-state index in [1.807, 2.05) is 0 Å². The molecule has 2 rings (SSSR count). The van der Waals surface area contributed by atoms with Crippen LogP contribution >= 0.6 is 0 Å². The first-order valence-electron chi connectivity index (χ1n) is 4.76. The van der Waals surface area contributed by atoms with E-state index >= 15 is 0 Å². The van der Waals surface area contributed by atoms with Gasteiger partial charge in [-0.3, -0.25) is 0 Å². The van der Waals surface area contributed by atoms with Gasteiger partial charge < -0.3 is 10.1 Å². The average Bonchev–Trinajstić information content (AvgIpc) is 2.70. The Morgan fingerprint density at radius 1 is 1.31 bits per heavy atom. The number of hydrogen-bond acceptors (Lipinski definition) is 2. The van der Waals surface area contributed by atoms with Crippen LogP contribution in [0.5, 0.6) is 0 Å². The highest BCUT2D eigenvalue weighted by Crippen LogP contribution is 2.13. The molecule has 16 heavy (non-hydrogen) atoms. The SMILES string of the molecule is OCc1cnc(Cc2ccc(F)cc2F)[nH]1. The van der Waals surface area contributed by atoms with E-state index in [4.69, 9.17) is 5.11 Å². The topological polar surface area (TPSA) is 48.9 Å². The molecule has 0 radical (unpaired) electrons. The van der Waals surface area contributed by atoms with Crippen molar-refractivity contribution in [1.82, 2.24) is 9.97 Å². The maximum absolute atomic E-state index is 13.3. The third kappa shape index (κ3) is 2.25. The molecule has 0 saturated carbocycles. The van der Waals surface area contributed by atoms with Gasteiger partial charge in [0.1, 0.15) is 17.5 Å². The third-order valence-corrected chi connectivity index (χ3v) is 2.22. The highest BCUT2D eigenvalue weighted by molar-refractivity contribution is 5.22. The minimum Gasteiger partial charge on any atom is -0.390 e. The number of aromatic amines is 1. The molecule has 2 aromatic rings. The van der Waals surface area contributed by atoms with Crippen molar-refractivity contribution < 1.29 is 13.9 Å². The second-order valence-corrected chi connectivity index (χ2v) is 3.43. The Hall–Kier alpha value is -1.75. The molecule has 0 amide bonds. The van der Waals surface area contributed by atoms with E-state index < -0.39 is 11.6 Å². The molecule has 0 aliphatic rings. The first-order valence-corrected chi connectivity index (χ1v) is 4.76. The van der Waals surface area contributed by atoms with E-state index in [-0.39, 0.29) is 13.0 Å². The first kappa shape index (κ1) is 10.8. The average molecular weight is 224 g/mol. The van der Waals surface area contributed by atoms with Gasteiger partial charge in [-0.25, -0.2) is 13.8 Å². The van der Waals surface area contributed by atoms with Crippen molar-refractivity contribution in [3.63, 3.8) is 0 Å². The monoisotopic (exact) mass is 224 g/mol. The molecule has 0 saturated heterocycles. The van der Waals surface area contributed by atoms with Crippen LogP contribution in [0.25, 0.3) is 0 Å². The number of aliphatic hydroxyl groups excluding tert-OH is 1. The molecule has 5 heteroatoms. The number of nitrogens with one attached hydrogen (secondary N) is 1. The summed E-state index contributed by atoms with van der Waals surface area (Å²) >= 11 is 0. The fourth-order valence-electron chi connectivity index (χ4n) is 1.42. The van der Waals surface area contributed by atoms with Gasteiger partial charge in [0.25, 0.3) is 0 Å². The molecular formula is C11H10F2N2O. The number of H-pyrrole nitrogens is 1. The lowest BCUT2D eigenvalue weighted by atomic mass is 10.1. The summed E-state index contributed by atoms with van der Waals surface area (Å²) in [6.07, 6.45) is 1.73. The van der Waals surface area contributed by atoms with Crippen LogP contribution < -0.4 is 0 Å². The van der Waals surface area contributed by atoms with E-state index in [2.05, 4.69) is 9.97 Å². The number of halogens is 2. The molecule has 0 bridgehead atoms. The zero-order valence-electron chi connectivity index (χ0n) is 8.37. The molecular weight excluding hydrogens is 214 g/mol. The molecule has 0 fully saturated rings. The van der Waals surface area contributed by atoms with Crippen molar-refractivity contribution in [2.75, 3.05) is 0 Å². The van der Waals surface area contributed by atoms with Crippen LogP contribution in [0.2, 0.25) is 0 Å². The number of benzene rings is 1. The lowest BCUT2D eigenvalue weighted by molar-refractivity contribution is 0.277. The standard InChI is InChI=1S/C11H10F2N2O/c12-8-2-1-7(10(13)4-8)3-11-14-5-9(6-16)15-11/h1-2,4-5,16H,3,6H2,(H,14,15). The van der Waals surface area contributed by atoms with Gasteiger partial charge in [-0.15, -0.1) is 0 Å². The fourth-order valence-corrected chi connectivity index (χ4v) is 1.42. The van der Waals surface area contributed by atoms with Crippen LogP contribution in [0.15, 0.2) is 24.4 Å². The van der Waals surface area contributed by atoms with Crippen LogP contribution in [0, 0.1) is 11.6 Å². The predicted octanol–water partition coefficient (Wildman–Crippen LogP) is 1.77. The number of aromatic nitrogens is 2. The third-order valence-electron chi connectivity index (χ3n) is 2.22. The van der Waals surface area contributed by atoms with E-state index in [1.54, 1.807) is 0 Å². The normalized spacial score (nSPS) is 10.7. The van der Waals surface area contributed by atoms with Gasteiger partial charge in [0, 0.05) is 12.5 Å². The van der Waals surface area contributed by atoms with Crippen LogP contribution in [0.3, 0.4) is 0 Å². The number of rotatable bonds is 3. The van der Waals surface area contributed by atoms with Gasteiger partial charge in [0.15, 0.2) is 0 Å². The first-order chi connectivity index (χ1) is 7.69. The molecule has 1 aromatic heterocycles. The van der Waals surface area contributed by atoms with Gasteiger partial charge in [-0.05, 0) is 11.6 Å². The second kappa shape index (κ2) is 4.40. The summed E-state index contributed by atoms with van der Waals surface area (Å²) in [5, 5.41) is 8.81. The molecule has 0 spiro atoms. The Morgan fingerprint density at radius 2 is 2.12 bits per heavy atom. The zero-order valence-corrected chi connectivity index (χ0v) is 8.37. The largest absolute Gasteiger partial charge is 0.390 e. The number of imidazole rings is 1. The zero-order chi connectivity index (χ0) is 11.5. The number of aliphatic hydroxyl groups is 1. The summed E-state index contributed by atoms with van der Waals surface area (Å²) in [7, 11) is 0. The lowest BCUT2D eigenvalue weighted by Gasteiger charge is -2.00. The van der Waals surface area contributed by atoms with Crippen molar-refractivity contribution in [1.29, 1.82) is 0 Å². The van der Waals surface area contributed by atoms with Crippen LogP contribution in [-0.4, -0.2) is 15.1 Å². The fraction of sp³-hybridized carbons (Fsp3) is 0.182. The molecule has 0 aliphatic carbocycles. The number of hydrogen-bond donors (Lipinski definition) is 2. The van der Waals surface area contributed by atoms with Crippen molar-refractivity contribution in [2.24, 2.45) is 0 Å². The lowest BCUT2D eigenvalue weighted by Crippen LogP contribution is -1.95. The van der Waals surface area contributed by atoms with Gasteiger partial charge in [0.2, 0.25) is 0 Å². The number of nitrogens with zero attached hydrogens (tertiary/aromatic N) is 1. The Bertz CT molecular complexity index is 496. The molecule has 84 valence electrons. The molecule has 2 N–H and O–H groups in total. The predicted molar refractivity (Wildman–Crippen MR) is 53.7 cm³/mol. The summed E-state index contributed by atoms with van der Waals surface area (Å²) in [5.41, 5.74) is 0.928. The van der Waals surface area contributed by atoms with Crippen LogP contribution in [-0.2, 0) is 13.0 Å². The molecule has 1 aromatic carbocycles. The summed E-state index contributed by atoms with van der Waals surface area (Å²) in [6, 6.07) is 3.42. The quantitative estimate of drug-likeness (QED) is 0.834. The van der Waals surface area contributed by atoms with Crippen molar-refractivity contribution in [3.05, 3.63) is 53.1 Å². The Kier molecular flexibility index (Phi) is 2.96. The second-order valence-electron chi connectivity index (χ2n) is 3.43. The minimum atomic E-state index is -0.600. The van der Waals surface area contributed by atoms with Gasteiger partial charge in [0.05, 0.1) is 18.5 Å². The van der Waals surface area contributed by atoms with Gasteiger partial charge >= 0.3 is 0 Å². The Labute approximate surface area is 90.8 Å². The van der Waals surface area contributed by atoms with Crippen molar-refractivity contribution in [3.8, 4) is 0 Å². The van der Waals surface area contributed by atoms with Crippen LogP contribution in [0.1, 0.15) is 17.1 Å². The summed E-state index contributed by atoms with van der Waals surface area (Å²) in [5.74, 6) is -0.659. The van der Waals surface area contributed by atoms with E-state index in [9.17, 15) is 8.78 Å². The molecule has 1 heterocycles. The highest BCUT2D eigenvalue weighted by Gasteiger charge is 2.07. The van der Waals surface area contributed by atoms with E-state index in [0.29, 0.717) is 17.1 Å². The van der Waals surface area contributed by atoms with Crippen LogP contribution in [0.4, 0.5) is 8.78 Å². The summed E-state index contributed by atoms with van der Waals surface area (Å²) in [4.78, 5) is 6.80. The van der Waals surface area contributed by atoms with E-state index in [0.717, 1.165) is 6.07 Å². The Morgan fingerprint density at radius 3 is 2.75 bits per heavy atom. The van der Waals surface area contributed by atoms with Crippen molar-refractivity contribution >= 4 is 0 Å². The van der Waals surface area contributed by atoms with Crippen molar-refractivity contribution in [2.45, 2.75) is 13.0 Å². The smallest absolute Gasteiger partial charge is 0.129 e. The molecule has 3 nitrogen and oxygen atoms in total. The maximum Gasteiger partial charge on any atom is 0.129 e.